The number of nitrogens with zero attached hydrogens (tertiary/aromatic N) is 2. The molecule has 1 aliphatic carbocycles. The van der Waals surface area contributed by atoms with Crippen LogP contribution < -0.4 is 10.6 Å². The Morgan fingerprint density at radius 1 is 1.50 bits per heavy atom. The molecule has 0 radical (unpaired) electrons. The number of nitrogens with one attached hydrogen (secondary N) is 2. The summed E-state index contributed by atoms with van der Waals surface area (Å²) in [6.07, 6.45) is 8.08. The van der Waals surface area contributed by atoms with E-state index in [9.17, 15) is 4.79 Å². The number of rotatable bonds is 5. The van der Waals surface area contributed by atoms with Crippen LogP contribution >= 0.6 is 0 Å². The van der Waals surface area contributed by atoms with Gasteiger partial charge < -0.3 is 10.6 Å². The molecule has 0 spiro atoms. The van der Waals surface area contributed by atoms with E-state index in [0.717, 1.165) is 25.8 Å². The van der Waals surface area contributed by atoms with E-state index < -0.39 is 0 Å². The van der Waals surface area contributed by atoms with Gasteiger partial charge in [0.1, 0.15) is 0 Å². The van der Waals surface area contributed by atoms with Crippen molar-refractivity contribution in [2.75, 3.05) is 6.54 Å². The minimum atomic E-state index is -0.0369. The summed E-state index contributed by atoms with van der Waals surface area (Å²) in [5.74, 6) is 0. The number of aromatic nitrogens is 2. The highest BCUT2D eigenvalue weighted by Gasteiger charge is 2.18. The maximum absolute atomic E-state index is 11.4. The van der Waals surface area contributed by atoms with E-state index in [1.165, 1.54) is 6.42 Å². The van der Waals surface area contributed by atoms with Crippen molar-refractivity contribution < 1.29 is 4.79 Å². The molecule has 0 atom stereocenters. The fourth-order valence-electron chi connectivity index (χ4n) is 1.66. The minimum Gasteiger partial charge on any atom is -0.338 e. The van der Waals surface area contributed by atoms with Crippen molar-refractivity contribution in [3.63, 3.8) is 0 Å². The predicted octanol–water partition coefficient (Wildman–Crippen LogP) is 1.12. The van der Waals surface area contributed by atoms with Crippen LogP contribution in [0.15, 0.2) is 18.5 Å². The molecule has 0 saturated heterocycles. The molecular weight excluding hydrogens is 204 g/mol. The number of aryl methyl sites for hydroxylation is 1. The third-order valence-corrected chi connectivity index (χ3v) is 2.85. The second-order valence-electron chi connectivity index (χ2n) is 4.15. The Bertz CT molecular complexity index is 319. The second kappa shape index (κ2) is 5.53. The molecule has 0 unspecified atom stereocenters. The van der Waals surface area contributed by atoms with Crippen LogP contribution in [-0.2, 0) is 6.54 Å². The summed E-state index contributed by atoms with van der Waals surface area (Å²) in [7, 11) is 0. The number of hydrogen-bond donors (Lipinski definition) is 2. The maximum atomic E-state index is 11.4. The van der Waals surface area contributed by atoms with Crippen LogP contribution in [0.3, 0.4) is 0 Å². The van der Waals surface area contributed by atoms with Crippen molar-refractivity contribution >= 4 is 6.03 Å². The Morgan fingerprint density at radius 3 is 3.00 bits per heavy atom. The summed E-state index contributed by atoms with van der Waals surface area (Å²) in [5.41, 5.74) is 0. The van der Waals surface area contributed by atoms with E-state index in [1.54, 1.807) is 6.20 Å². The molecule has 1 saturated carbocycles. The van der Waals surface area contributed by atoms with Gasteiger partial charge in [0.15, 0.2) is 0 Å². The third-order valence-electron chi connectivity index (χ3n) is 2.85. The second-order valence-corrected chi connectivity index (χ2v) is 4.15. The summed E-state index contributed by atoms with van der Waals surface area (Å²) in [4.78, 5) is 11.4. The van der Waals surface area contributed by atoms with Gasteiger partial charge in [-0.3, -0.25) is 4.68 Å². The normalized spacial score (nSPS) is 15.5. The van der Waals surface area contributed by atoms with Crippen molar-refractivity contribution in [3.8, 4) is 0 Å². The molecule has 2 amide bonds. The molecule has 5 nitrogen and oxygen atoms in total. The van der Waals surface area contributed by atoms with Crippen molar-refractivity contribution in [1.29, 1.82) is 0 Å². The molecule has 2 rings (SSSR count). The molecule has 1 aromatic heterocycles. The van der Waals surface area contributed by atoms with Gasteiger partial charge in [-0.15, -0.1) is 0 Å². The Balaban J connectivity index is 1.52. The molecule has 16 heavy (non-hydrogen) atoms. The quantitative estimate of drug-likeness (QED) is 0.734. The van der Waals surface area contributed by atoms with Crippen LogP contribution in [-0.4, -0.2) is 28.4 Å². The van der Waals surface area contributed by atoms with Crippen LogP contribution in [0.2, 0.25) is 0 Å². The highest BCUT2D eigenvalue weighted by molar-refractivity contribution is 5.74. The molecular formula is C11H18N4O. The van der Waals surface area contributed by atoms with E-state index in [0.29, 0.717) is 12.6 Å². The third kappa shape index (κ3) is 3.25. The average Bonchev–Trinajstić information content (AvgIpc) is 2.71. The molecule has 0 bridgehead atoms. The maximum Gasteiger partial charge on any atom is 0.315 e. The van der Waals surface area contributed by atoms with Gasteiger partial charge in [0.2, 0.25) is 0 Å². The zero-order valence-electron chi connectivity index (χ0n) is 9.35. The number of urea groups is 1. The Labute approximate surface area is 95.2 Å². The van der Waals surface area contributed by atoms with Gasteiger partial charge >= 0.3 is 6.03 Å². The first-order valence-corrected chi connectivity index (χ1v) is 5.86. The molecule has 5 heteroatoms. The number of hydrogen-bond acceptors (Lipinski definition) is 2. The standard InChI is InChI=1S/C11H18N4O/c16-11(14-10-4-1-5-10)12-6-2-8-15-9-3-7-13-15/h3,7,9-10H,1-2,4-6,8H2,(H2,12,14,16). The lowest BCUT2D eigenvalue weighted by molar-refractivity contribution is 0.228. The largest absolute Gasteiger partial charge is 0.338 e. The average molecular weight is 222 g/mol. The monoisotopic (exact) mass is 222 g/mol. The minimum absolute atomic E-state index is 0.0369. The van der Waals surface area contributed by atoms with E-state index in [-0.39, 0.29) is 6.03 Å². The number of carbonyl (C=O) groups excluding carboxylic acids is 1. The fourth-order valence-corrected chi connectivity index (χ4v) is 1.66. The van der Waals surface area contributed by atoms with Crippen molar-refractivity contribution in [1.82, 2.24) is 20.4 Å². The van der Waals surface area contributed by atoms with Crippen molar-refractivity contribution in [2.24, 2.45) is 0 Å². The highest BCUT2D eigenvalue weighted by Crippen LogP contribution is 2.17. The van der Waals surface area contributed by atoms with Gasteiger partial charge in [-0.25, -0.2) is 4.79 Å². The fraction of sp³-hybridized carbons (Fsp3) is 0.636. The Kier molecular flexibility index (Phi) is 3.80. The first-order chi connectivity index (χ1) is 7.84. The van der Waals surface area contributed by atoms with Gasteiger partial charge in [0.05, 0.1) is 0 Å². The molecule has 1 heterocycles. The van der Waals surface area contributed by atoms with E-state index in [1.807, 2.05) is 16.9 Å². The lowest BCUT2D eigenvalue weighted by Crippen LogP contribution is -2.45. The zero-order valence-corrected chi connectivity index (χ0v) is 9.35. The topological polar surface area (TPSA) is 59.0 Å². The smallest absolute Gasteiger partial charge is 0.315 e. The van der Waals surface area contributed by atoms with E-state index in [2.05, 4.69) is 15.7 Å². The first kappa shape index (κ1) is 11.0. The predicted molar refractivity (Wildman–Crippen MR) is 61.0 cm³/mol. The van der Waals surface area contributed by atoms with E-state index >= 15 is 0 Å². The Hall–Kier alpha value is -1.52. The SMILES string of the molecule is O=C(NCCCn1cccn1)NC1CCC1. The number of carbonyl (C=O) groups is 1. The Morgan fingerprint density at radius 2 is 2.38 bits per heavy atom. The van der Waals surface area contributed by atoms with Crippen molar-refractivity contribution in [3.05, 3.63) is 18.5 Å². The number of amides is 2. The summed E-state index contributed by atoms with van der Waals surface area (Å²) in [6.45, 7) is 1.54. The molecule has 88 valence electrons. The van der Waals surface area contributed by atoms with Gasteiger partial charge in [-0.05, 0) is 31.7 Å². The van der Waals surface area contributed by atoms with Gasteiger partial charge in [0, 0.05) is 31.5 Å². The van der Waals surface area contributed by atoms with Crippen LogP contribution in [0.4, 0.5) is 4.79 Å². The van der Waals surface area contributed by atoms with E-state index in [4.69, 9.17) is 0 Å². The molecule has 0 aromatic carbocycles. The molecule has 2 N–H and O–H groups in total. The van der Waals surface area contributed by atoms with Crippen LogP contribution in [0.25, 0.3) is 0 Å². The zero-order chi connectivity index (χ0) is 11.2. The van der Waals surface area contributed by atoms with Crippen LogP contribution in [0, 0.1) is 0 Å². The van der Waals surface area contributed by atoms with Crippen molar-refractivity contribution in [2.45, 2.75) is 38.3 Å². The summed E-state index contributed by atoms with van der Waals surface area (Å²) in [6, 6.07) is 2.27. The van der Waals surface area contributed by atoms with Gasteiger partial charge in [-0.1, -0.05) is 0 Å². The van der Waals surface area contributed by atoms with Gasteiger partial charge in [-0.2, -0.15) is 5.10 Å². The summed E-state index contributed by atoms with van der Waals surface area (Å²) in [5, 5.41) is 9.88. The summed E-state index contributed by atoms with van der Waals surface area (Å²) >= 11 is 0. The molecule has 1 aromatic rings. The summed E-state index contributed by atoms with van der Waals surface area (Å²) < 4.78 is 1.87. The highest BCUT2D eigenvalue weighted by atomic mass is 16.2. The molecule has 1 fully saturated rings. The lowest BCUT2D eigenvalue weighted by atomic mass is 9.93. The van der Waals surface area contributed by atoms with Crippen LogP contribution in [0.1, 0.15) is 25.7 Å². The lowest BCUT2D eigenvalue weighted by Gasteiger charge is -2.26. The van der Waals surface area contributed by atoms with Gasteiger partial charge in [0.25, 0.3) is 0 Å². The first-order valence-electron chi connectivity index (χ1n) is 5.86. The molecule has 1 aliphatic rings. The van der Waals surface area contributed by atoms with Crippen LogP contribution in [0.5, 0.6) is 0 Å². The molecule has 0 aliphatic heterocycles.